The van der Waals surface area contributed by atoms with Gasteiger partial charge in [0.1, 0.15) is 6.10 Å². The summed E-state index contributed by atoms with van der Waals surface area (Å²) in [6, 6.07) is 0. The first-order chi connectivity index (χ1) is 12.0. The van der Waals surface area contributed by atoms with Crippen molar-refractivity contribution in [1.82, 2.24) is 0 Å². The average molecular weight is 353 g/mol. The molecule has 0 radical (unpaired) electrons. The van der Waals surface area contributed by atoms with E-state index in [2.05, 4.69) is 20.8 Å². The summed E-state index contributed by atoms with van der Waals surface area (Å²) in [6.45, 7) is 7.06. The molecular weight excluding hydrogens is 316 g/mol. The minimum atomic E-state index is -0.306. The molecule has 0 aliphatic heterocycles. The standard InChI is InChI=1S/C21H36O4/c1-4-5-8-11-24-20(22)18-9-6-7-10-19(18)21(23)25-17-13-15(2)12-16(3)14-17/h15-19H,4-14H2,1-3H3. The van der Waals surface area contributed by atoms with E-state index in [0.717, 1.165) is 57.8 Å². The summed E-state index contributed by atoms with van der Waals surface area (Å²) in [5, 5.41) is 0. The lowest BCUT2D eigenvalue weighted by Crippen LogP contribution is -2.38. The zero-order valence-corrected chi connectivity index (χ0v) is 16.3. The Morgan fingerprint density at radius 2 is 1.48 bits per heavy atom. The number of unbranched alkanes of at least 4 members (excludes halogenated alkanes) is 2. The van der Waals surface area contributed by atoms with Gasteiger partial charge in [-0.1, -0.05) is 46.5 Å². The Bertz CT molecular complexity index is 424. The molecular formula is C21H36O4. The number of ether oxygens (including phenoxy) is 2. The fraction of sp³-hybridized carbons (Fsp3) is 0.905. The predicted octanol–water partition coefficient (Wildman–Crippen LogP) is 4.89. The summed E-state index contributed by atoms with van der Waals surface area (Å²) < 4.78 is 11.3. The summed E-state index contributed by atoms with van der Waals surface area (Å²) >= 11 is 0. The van der Waals surface area contributed by atoms with Crippen molar-refractivity contribution in [2.45, 2.75) is 91.1 Å². The number of hydrogen-bond donors (Lipinski definition) is 0. The molecule has 4 atom stereocenters. The molecule has 0 saturated heterocycles. The van der Waals surface area contributed by atoms with Crippen molar-refractivity contribution in [1.29, 1.82) is 0 Å². The molecule has 0 aromatic carbocycles. The number of carbonyl (C=O) groups excluding carboxylic acids is 2. The molecule has 2 saturated carbocycles. The van der Waals surface area contributed by atoms with Gasteiger partial charge in [-0.15, -0.1) is 0 Å². The van der Waals surface area contributed by atoms with Gasteiger partial charge >= 0.3 is 11.9 Å². The van der Waals surface area contributed by atoms with Gasteiger partial charge in [-0.2, -0.15) is 0 Å². The average Bonchev–Trinajstić information content (AvgIpc) is 2.57. The Hall–Kier alpha value is -1.06. The monoisotopic (exact) mass is 352 g/mol. The molecule has 4 nitrogen and oxygen atoms in total. The molecule has 2 aliphatic rings. The Balaban J connectivity index is 1.87. The van der Waals surface area contributed by atoms with Crippen molar-refractivity contribution < 1.29 is 19.1 Å². The van der Waals surface area contributed by atoms with Crippen LogP contribution < -0.4 is 0 Å². The molecule has 25 heavy (non-hydrogen) atoms. The zero-order valence-electron chi connectivity index (χ0n) is 16.3. The van der Waals surface area contributed by atoms with Crippen LogP contribution in [0, 0.1) is 23.7 Å². The van der Waals surface area contributed by atoms with Crippen LogP contribution in [0.4, 0.5) is 0 Å². The predicted molar refractivity (Wildman–Crippen MR) is 98.0 cm³/mol. The minimum Gasteiger partial charge on any atom is -0.465 e. The summed E-state index contributed by atoms with van der Waals surface area (Å²) in [6.07, 6.45) is 9.72. The van der Waals surface area contributed by atoms with E-state index in [0.29, 0.717) is 18.4 Å². The third-order valence-corrected chi connectivity index (χ3v) is 5.78. The summed E-state index contributed by atoms with van der Waals surface area (Å²) in [7, 11) is 0. The van der Waals surface area contributed by atoms with Gasteiger partial charge in [0.25, 0.3) is 0 Å². The van der Waals surface area contributed by atoms with Crippen molar-refractivity contribution in [3.05, 3.63) is 0 Å². The molecule has 2 aliphatic carbocycles. The maximum absolute atomic E-state index is 12.7. The smallest absolute Gasteiger partial charge is 0.310 e. The highest BCUT2D eigenvalue weighted by Crippen LogP contribution is 2.35. The van der Waals surface area contributed by atoms with Crippen LogP contribution in [0.15, 0.2) is 0 Å². The molecule has 0 heterocycles. The lowest BCUT2D eigenvalue weighted by atomic mass is 9.78. The van der Waals surface area contributed by atoms with E-state index in [1.54, 1.807) is 0 Å². The van der Waals surface area contributed by atoms with Gasteiger partial charge in [0.05, 0.1) is 18.4 Å². The lowest BCUT2D eigenvalue weighted by molar-refractivity contribution is -0.168. The fourth-order valence-electron chi connectivity index (χ4n) is 4.55. The highest BCUT2D eigenvalue weighted by molar-refractivity contribution is 5.82. The van der Waals surface area contributed by atoms with E-state index in [4.69, 9.17) is 9.47 Å². The van der Waals surface area contributed by atoms with Crippen LogP contribution in [0.1, 0.15) is 85.0 Å². The summed E-state index contributed by atoms with van der Waals surface area (Å²) in [5.74, 6) is 0.241. The van der Waals surface area contributed by atoms with Gasteiger partial charge in [0.2, 0.25) is 0 Å². The number of hydrogen-bond acceptors (Lipinski definition) is 4. The van der Waals surface area contributed by atoms with Crippen molar-refractivity contribution >= 4 is 11.9 Å². The summed E-state index contributed by atoms with van der Waals surface area (Å²) in [4.78, 5) is 25.2. The van der Waals surface area contributed by atoms with E-state index in [9.17, 15) is 9.59 Å². The van der Waals surface area contributed by atoms with Crippen molar-refractivity contribution in [2.75, 3.05) is 6.61 Å². The first-order valence-electron chi connectivity index (χ1n) is 10.4. The molecule has 144 valence electrons. The number of carbonyl (C=O) groups is 2. The van der Waals surface area contributed by atoms with Crippen LogP contribution in [-0.2, 0) is 19.1 Å². The first kappa shape index (κ1) is 20.3. The minimum absolute atomic E-state index is 0.0226. The maximum Gasteiger partial charge on any atom is 0.310 e. The van der Waals surface area contributed by atoms with E-state index in [-0.39, 0.29) is 29.9 Å². The third kappa shape index (κ3) is 6.31. The van der Waals surface area contributed by atoms with Gasteiger partial charge < -0.3 is 9.47 Å². The highest BCUT2D eigenvalue weighted by atomic mass is 16.5. The molecule has 0 spiro atoms. The molecule has 0 N–H and O–H groups in total. The second-order valence-corrected chi connectivity index (χ2v) is 8.35. The van der Waals surface area contributed by atoms with E-state index < -0.39 is 0 Å². The topological polar surface area (TPSA) is 52.6 Å². The highest BCUT2D eigenvalue weighted by Gasteiger charge is 2.39. The van der Waals surface area contributed by atoms with Crippen LogP contribution in [0.3, 0.4) is 0 Å². The van der Waals surface area contributed by atoms with E-state index >= 15 is 0 Å². The molecule has 0 aromatic heterocycles. The van der Waals surface area contributed by atoms with Crippen molar-refractivity contribution in [3.63, 3.8) is 0 Å². The van der Waals surface area contributed by atoms with Crippen molar-refractivity contribution in [3.8, 4) is 0 Å². The Morgan fingerprint density at radius 3 is 2.08 bits per heavy atom. The van der Waals surface area contributed by atoms with Crippen LogP contribution in [0.5, 0.6) is 0 Å². The maximum atomic E-state index is 12.7. The molecule has 0 aromatic rings. The second kappa shape index (κ2) is 10.2. The summed E-state index contributed by atoms with van der Waals surface area (Å²) in [5.41, 5.74) is 0. The third-order valence-electron chi connectivity index (χ3n) is 5.78. The fourth-order valence-corrected chi connectivity index (χ4v) is 4.55. The lowest BCUT2D eigenvalue weighted by Gasteiger charge is -2.34. The van der Waals surface area contributed by atoms with Crippen LogP contribution >= 0.6 is 0 Å². The number of esters is 2. The van der Waals surface area contributed by atoms with Gasteiger partial charge in [-0.25, -0.2) is 0 Å². The quantitative estimate of drug-likeness (QED) is 0.483. The zero-order chi connectivity index (χ0) is 18.2. The van der Waals surface area contributed by atoms with Gasteiger partial charge in [-0.3, -0.25) is 9.59 Å². The molecule has 2 fully saturated rings. The van der Waals surface area contributed by atoms with Crippen LogP contribution in [-0.4, -0.2) is 24.6 Å². The molecule has 0 amide bonds. The van der Waals surface area contributed by atoms with Gasteiger partial charge in [-0.05, 0) is 50.4 Å². The Kier molecular flexibility index (Phi) is 8.25. The van der Waals surface area contributed by atoms with Crippen LogP contribution in [0.25, 0.3) is 0 Å². The van der Waals surface area contributed by atoms with Gasteiger partial charge in [0.15, 0.2) is 0 Å². The largest absolute Gasteiger partial charge is 0.465 e. The van der Waals surface area contributed by atoms with Crippen LogP contribution in [0.2, 0.25) is 0 Å². The second-order valence-electron chi connectivity index (χ2n) is 8.35. The van der Waals surface area contributed by atoms with E-state index in [1.165, 1.54) is 6.42 Å². The number of rotatable bonds is 7. The first-order valence-corrected chi connectivity index (χ1v) is 10.4. The molecule has 4 heteroatoms. The SMILES string of the molecule is CCCCCOC(=O)C1CCCCC1C(=O)OC1CC(C)CC(C)C1. The van der Waals surface area contributed by atoms with E-state index in [1.807, 2.05) is 0 Å². The molecule has 2 rings (SSSR count). The molecule has 0 bridgehead atoms. The molecule has 4 unspecified atom stereocenters. The normalized spacial score (nSPS) is 32.8. The Morgan fingerprint density at radius 1 is 0.880 bits per heavy atom. The Labute approximate surface area is 153 Å². The van der Waals surface area contributed by atoms with Gasteiger partial charge in [0, 0.05) is 0 Å². The van der Waals surface area contributed by atoms with Crippen molar-refractivity contribution in [2.24, 2.45) is 23.7 Å².